The summed E-state index contributed by atoms with van der Waals surface area (Å²) in [5.74, 6) is 0. The number of morpholine rings is 1. The molecule has 1 fully saturated rings. The maximum atomic E-state index is 6.06. The van der Waals surface area contributed by atoms with Gasteiger partial charge in [0.2, 0.25) is 0 Å². The van der Waals surface area contributed by atoms with E-state index < -0.39 is 0 Å². The zero-order valence-corrected chi connectivity index (χ0v) is 10.7. The number of hydrogen-bond acceptors (Lipinski definition) is 3. The highest BCUT2D eigenvalue weighted by Crippen LogP contribution is 2.23. The Morgan fingerprint density at radius 3 is 3.11 bits per heavy atom. The second-order valence-electron chi connectivity index (χ2n) is 5.01. The molecule has 1 unspecified atom stereocenters. The van der Waals surface area contributed by atoms with Crippen LogP contribution >= 0.6 is 0 Å². The lowest BCUT2D eigenvalue weighted by molar-refractivity contribution is -0.0268. The maximum Gasteiger partial charge on any atom is 0.0881 e. The Labute approximate surface area is 107 Å². The van der Waals surface area contributed by atoms with E-state index in [1.54, 1.807) is 0 Å². The van der Waals surface area contributed by atoms with Crippen LogP contribution in [0.15, 0.2) is 30.5 Å². The molecule has 0 spiro atoms. The van der Waals surface area contributed by atoms with Crippen molar-refractivity contribution in [2.45, 2.75) is 12.6 Å². The average Bonchev–Trinajstić information content (AvgIpc) is 2.74. The van der Waals surface area contributed by atoms with Gasteiger partial charge in [-0.2, -0.15) is 0 Å². The number of likely N-dealkylation sites (N-methyl/N-ethyl adjacent to an activating group) is 1. The molecule has 1 saturated heterocycles. The van der Waals surface area contributed by atoms with Gasteiger partial charge < -0.3 is 19.9 Å². The Kier molecular flexibility index (Phi) is 2.97. The standard InChI is InChI=1S/C14H19N3O/c1-16-7-8-18-12(9-16)10-17-6-5-11-3-2-4-13(15)14(11)17/h2-6,12H,7-10,15H2,1H3. The normalized spacial score (nSPS) is 21.5. The molecule has 2 heterocycles. The third kappa shape index (κ3) is 2.09. The van der Waals surface area contributed by atoms with E-state index in [4.69, 9.17) is 10.5 Å². The molecule has 0 bridgehead atoms. The summed E-state index contributed by atoms with van der Waals surface area (Å²) in [5, 5.41) is 1.19. The van der Waals surface area contributed by atoms with Gasteiger partial charge in [-0.3, -0.25) is 0 Å². The Morgan fingerprint density at radius 2 is 2.28 bits per heavy atom. The molecule has 1 aromatic heterocycles. The number of benzene rings is 1. The number of para-hydroxylation sites is 1. The summed E-state index contributed by atoms with van der Waals surface area (Å²) >= 11 is 0. The minimum atomic E-state index is 0.249. The SMILES string of the molecule is CN1CCOC(Cn2ccc3cccc(N)c32)C1. The van der Waals surface area contributed by atoms with E-state index >= 15 is 0 Å². The number of aromatic nitrogens is 1. The average molecular weight is 245 g/mol. The molecular formula is C14H19N3O. The van der Waals surface area contributed by atoms with Crippen LogP contribution < -0.4 is 5.73 Å². The third-order valence-electron chi connectivity index (χ3n) is 3.56. The lowest BCUT2D eigenvalue weighted by atomic mass is 10.2. The Bertz CT molecular complexity index is 549. The number of rotatable bonds is 2. The minimum Gasteiger partial charge on any atom is -0.397 e. The first kappa shape index (κ1) is 11.6. The number of hydrogen-bond donors (Lipinski definition) is 1. The van der Waals surface area contributed by atoms with Gasteiger partial charge >= 0.3 is 0 Å². The molecule has 1 aliphatic heterocycles. The summed E-state index contributed by atoms with van der Waals surface area (Å²) in [6.45, 7) is 3.68. The van der Waals surface area contributed by atoms with Crippen LogP contribution in [0.1, 0.15) is 0 Å². The predicted octanol–water partition coefficient (Wildman–Crippen LogP) is 1.55. The van der Waals surface area contributed by atoms with Gasteiger partial charge in [-0.05, 0) is 19.2 Å². The van der Waals surface area contributed by atoms with E-state index in [-0.39, 0.29) is 6.10 Å². The lowest BCUT2D eigenvalue weighted by Gasteiger charge is -2.30. The van der Waals surface area contributed by atoms with Crippen molar-refractivity contribution >= 4 is 16.6 Å². The molecular weight excluding hydrogens is 226 g/mol. The molecule has 2 aromatic rings. The van der Waals surface area contributed by atoms with Gasteiger partial charge in [-0.15, -0.1) is 0 Å². The van der Waals surface area contributed by atoms with Gasteiger partial charge in [0.1, 0.15) is 0 Å². The number of ether oxygens (including phenoxy) is 1. The number of fused-ring (bicyclic) bond motifs is 1. The van der Waals surface area contributed by atoms with Gasteiger partial charge in [0.15, 0.2) is 0 Å². The number of nitrogens with zero attached hydrogens (tertiary/aromatic N) is 2. The second kappa shape index (κ2) is 4.63. The molecule has 0 amide bonds. The molecule has 3 rings (SSSR count). The van der Waals surface area contributed by atoms with Crippen LogP contribution in [0.4, 0.5) is 5.69 Å². The Morgan fingerprint density at radius 1 is 1.39 bits per heavy atom. The first-order valence-corrected chi connectivity index (χ1v) is 6.37. The van der Waals surface area contributed by atoms with Crippen molar-refractivity contribution in [3.63, 3.8) is 0 Å². The topological polar surface area (TPSA) is 43.4 Å². The zero-order valence-electron chi connectivity index (χ0n) is 10.7. The fraction of sp³-hybridized carbons (Fsp3) is 0.429. The summed E-state index contributed by atoms with van der Waals surface area (Å²) < 4.78 is 8.01. The highest BCUT2D eigenvalue weighted by molar-refractivity contribution is 5.90. The van der Waals surface area contributed by atoms with Crippen LogP contribution in [-0.2, 0) is 11.3 Å². The fourth-order valence-corrected chi connectivity index (χ4v) is 2.64. The summed E-state index contributed by atoms with van der Waals surface area (Å²) in [6, 6.07) is 8.15. The van der Waals surface area contributed by atoms with Crippen LogP contribution in [0, 0.1) is 0 Å². The van der Waals surface area contributed by atoms with Crippen molar-refractivity contribution in [3.05, 3.63) is 30.5 Å². The van der Waals surface area contributed by atoms with E-state index in [9.17, 15) is 0 Å². The largest absolute Gasteiger partial charge is 0.397 e. The van der Waals surface area contributed by atoms with Crippen LogP contribution in [0.5, 0.6) is 0 Å². The summed E-state index contributed by atoms with van der Waals surface area (Å²) in [4.78, 5) is 2.31. The number of nitrogens with two attached hydrogens (primary N) is 1. The number of nitrogen functional groups attached to an aromatic ring is 1. The van der Waals surface area contributed by atoms with E-state index in [2.05, 4.69) is 34.8 Å². The van der Waals surface area contributed by atoms with Crippen molar-refractivity contribution in [2.24, 2.45) is 0 Å². The maximum absolute atomic E-state index is 6.06. The van der Waals surface area contributed by atoms with E-state index in [0.717, 1.165) is 37.4 Å². The van der Waals surface area contributed by atoms with Crippen molar-refractivity contribution in [3.8, 4) is 0 Å². The molecule has 4 nitrogen and oxygen atoms in total. The van der Waals surface area contributed by atoms with Crippen molar-refractivity contribution in [2.75, 3.05) is 32.5 Å². The van der Waals surface area contributed by atoms with Crippen LogP contribution in [-0.4, -0.2) is 42.3 Å². The van der Waals surface area contributed by atoms with E-state index in [1.807, 2.05) is 12.1 Å². The molecule has 1 aromatic carbocycles. The van der Waals surface area contributed by atoms with Crippen LogP contribution in [0.2, 0.25) is 0 Å². The quantitative estimate of drug-likeness (QED) is 0.816. The van der Waals surface area contributed by atoms with Crippen molar-refractivity contribution in [1.82, 2.24) is 9.47 Å². The molecule has 4 heteroatoms. The van der Waals surface area contributed by atoms with Crippen LogP contribution in [0.3, 0.4) is 0 Å². The summed E-state index contributed by atoms with van der Waals surface area (Å²) in [7, 11) is 2.14. The highest BCUT2D eigenvalue weighted by Gasteiger charge is 2.18. The second-order valence-corrected chi connectivity index (χ2v) is 5.01. The van der Waals surface area contributed by atoms with Crippen LogP contribution in [0.25, 0.3) is 10.9 Å². The monoisotopic (exact) mass is 245 g/mol. The number of anilines is 1. The van der Waals surface area contributed by atoms with Gasteiger partial charge in [-0.25, -0.2) is 0 Å². The van der Waals surface area contributed by atoms with Gasteiger partial charge in [0.05, 0.1) is 30.5 Å². The highest BCUT2D eigenvalue weighted by atomic mass is 16.5. The van der Waals surface area contributed by atoms with Gasteiger partial charge in [-0.1, -0.05) is 12.1 Å². The molecule has 0 saturated carbocycles. The third-order valence-corrected chi connectivity index (χ3v) is 3.56. The van der Waals surface area contributed by atoms with E-state index in [0.29, 0.717) is 0 Å². The first-order chi connectivity index (χ1) is 8.74. The molecule has 0 radical (unpaired) electrons. The smallest absolute Gasteiger partial charge is 0.0881 e. The predicted molar refractivity (Wildman–Crippen MR) is 73.6 cm³/mol. The fourth-order valence-electron chi connectivity index (χ4n) is 2.64. The van der Waals surface area contributed by atoms with Gasteiger partial charge in [0, 0.05) is 24.7 Å². The van der Waals surface area contributed by atoms with Gasteiger partial charge in [0.25, 0.3) is 0 Å². The molecule has 18 heavy (non-hydrogen) atoms. The summed E-state index contributed by atoms with van der Waals surface area (Å²) in [5.41, 5.74) is 8.02. The van der Waals surface area contributed by atoms with Crippen molar-refractivity contribution < 1.29 is 4.74 Å². The lowest BCUT2D eigenvalue weighted by Crippen LogP contribution is -2.41. The molecule has 0 aliphatic carbocycles. The summed E-state index contributed by atoms with van der Waals surface area (Å²) in [6.07, 6.45) is 2.35. The molecule has 1 atom stereocenters. The zero-order chi connectivity index (χ0) is 12.5. The first-order valence-electron chi connectivity index (χ1n) is 6.37. The minimum absolute atomic E-state index is 0.249. The van der Waals surface area contributed by atoms with Crippen molar-refractivity contribution in [1.29, 1.82) is 0 Å². The molecule has 1 aliphatic rings. The molecule has 2 N–H and O–H groups in total. The Hall–Kier alpha value is -1.52. The Balaban J connectivity index is 1.86. The van der Waals surface area contributed by atoms with E-state index in [1.165, 1.54) is 5.39 Å². The molecule has 96 valence electrons.